The van der Waals surface area contributed by atoms with Gasteiger partial charge in [-0.15, -0.1) is 0 Å². The maximum absolute atomic E-state index is 13.8. The number of hydrogen-bond acceptors (Lipinski definition) is 8. The van der Waals surface area contributed by atoms with E-state index in [0.29, 0.717) is 5.39 Å². The van der Waals surface area contributed by atoms with Crippen molar-refractivity contribution in [2.24, 2.45) is 0 Å². The van der Waals surface area contributed by atoms with Crippen molar-refractivity contribution in [3.05, 3.63) is 76.6 Å². The summed E-state index contributed by atoms with van der Waals surface area (Å²) in [5, 5.41) is 12.7. The van der Waals surface area contributed by atoms with Gasteiger partial charge in [0.1, 0.15) is 11.5 Å². The van der Waals surface area contributed by atoms with Gasteiger partial charge in [-0.3, -0.25) is 14.4 Å². The van der Waals surface area contributed by atoms with Gasteiger partial charge in [-0.2, -0.15) is 0 Å². The lowest BCUT2D eigenvalue weighted by Crippen LogP contribution is -2.42. The van der Waals surface area contributed by atoms with E-state index in [1.165, 1.54) is 71.2 Å². The van der Waals surface area contributed by atoms with Crippen LogP contribution in [0.4, 0.5) is 19.7 Å². The Hall–Kier alpha value is -5.02. The topological polar surface area (TPSA) is 162 Å². The van der Waals surface area contributed by atoms with Crippen molar-refractivity contribution in [2.75, 3.05) is 59.9 Å². The third kappa shape index (κ3) is 9.49. The van der Waals surface area contributed by atoms with Crippen LogP contribution in [0, 0.1) is 5.82 Å². The smallest absolute Gasteiger partial charge is 0.416 e. The number of pyridine rings is 1. The monoisotopic (exact) mass is 643 g/mol. The number of benzene rings is 1. The van der Waals surface area contributed by atoms with Crippen LogP contribution in [-0.4, -0.2) is 109 Å². The van der Waals surface area contributed by atoms with Crippen molar-refractivity contribution in [2.45, 2.75) is 25.5 Å². The second kappa shape index (κ2) is 16.9. The molecule has 1 atom stereocenters. The number of nitrogens with one attached hydrogen (secondary N) is 1. The second-order valence-corrected chi connectivity index (χ2v) is 10.4. The molecule has 3 amide bonds. The summed E-state index contributed by atoms with van der Waals surface area (Å²) < 4.78 is 31.6. The summed E-state index contributed by atoms with van der Waals surface area (Å²) in [6.45, 7) is 0.567. The first kappa shape index (κ1) is 35.5. The highest BCUT2D eigenvalue weighted by Gasteiger charge is 2.27. The molecular formula is C31H38FN5O9. The minimum Gasteiger partial charge on any atom is -0.464 e. The van der Waals surface area contributed by atoms with E-state index in [1.54, 1.807) is 20.2 Å². The second-order valence-electron chi connectivity index (χ2n) is 10.4. The molecule has 2 heterocycles. The quantitative estimate of drug-likeness (QED) is 0.237. The number of nitrogens with zero attached hydrogens (tertiary/aromatic N) is 4. The maximum atomic E-state index is 13.8. The first-order chi connectivity index (χ1) is 22.0. The van der Waals surface area contributed by atoms with Gasteiger partial charge in [0.2, 0.25) is 5.91 Å². The van der Waals surface area contributed by atoms with Gasteiger partial charge < -0.3 is 39.0 Å². The SMILES string of the molecule is COCCN(CCOC)C(=O)OC(CC/C=C/C(=O)N(C)C)C(=O)Nc1cccn(Cc2cc3cc(F)ccc3n2C(=O)O)c1=O. The Balaban J connectivity index is 1.85. The van der Waals surface area contributed by atoms with Gasteiger partial charge in [0.05, 0.1) is 25.3 Å². The summed E-state index contributed by atoms with van der Waals surface area (Å²) in [5.41, 5.74) is -0.367. The van der Waals surface area contributed by atoms with E-state index in [2.05, 4.69) is 5.32 Å². The zero-order valence-electron chi connectivity index (χ0n) is 26.1. The molecule has 0 aliphatic carbocycles. The molecule has 0 aliphatic rings. The van der Waals surface area contributed by atoms with Gasteiger partial charge in [0.15, 0.2) is 6.10 Å². The molecule has 0 bridgehead atoms. The zero-order chi connectivity index (χ0) is 33.8. The van der Waals surface area contributed by atoms with Crippen molar-refractivity contribution in [1.82, 2.24) is 18.9 Å². The molecule has 3 aromatic rings. The fourth-order valence-corrected chi connectivity index (χ4v) is 4.45. The fraction of sp³-hybridized carbons (Fsp3) is 0.387. The zero-order valence-corrected chi connectivity index (χ0v) is 26.1. The highest BCUT2D eigenvalue weighted by Crippen LogP contribution is 2.22. The minimum absolute atomic E-state index is 0.00647. The van der Waals surface area contributed by atoms with Gasteiger partial charge in [-0.25, -0.2) is 18.5 Å². The number of rotatable bonds is 15. The van der Waals surface area contributed by atoms with E-state index in [1.807, 2.05) is 0 Å². The predicted octanol–water partition coefficient (Wildman–Crippen LogP) is 2.98. The molecule has 0 saturated heterocycles. The molecule has 14 nitrogen and oxygen atoms in total. The van der Waals surface area contributed by atoms with E-state index in [0.717, 1.165) is 10.6 Å². The average Bonchev–Trinajstić information content (AvgIpc) is 3.37. The maximum Gasteiger partial charge on any atom is 0.416 e. The molecule has 15 heteroatoms. The molecule has 1 unspecified atom stereocenters. The van der Waals surface area contributed by atoms with Gasteiger partial charge in [0.25, 0.3) is 11.5 Å². The number of anilines is 1. The number of methoxy groups -OCH3 is 2. The van der Waals surface area contributed by atoms with Crippen LogP contribution in [0.3, 0.4) is 0 Å². The fourth-order valence-electron chi connectivity index (χ4n) is 4.45. The Morgan fingerprint density at radius 2 is 1.76 bits per heavy atom. The largest absolute Gasteiger partial charge is 0.464 e. The standard InChI is InChI=1S/C31H38FN5O9/c1-34(2)27(38)10-6-5-9-26(46-31(43)35(14-16-44-3)15-17-45-4)28(39)33-24-8-7-13-36(29(24)40)20-23-19-21-18-22(32)11-12-25(21)37(23)30(41)42/h6-8,10-13,18-19,26H,5,9,14-17,20H2,1-4H3,(H,33,39)(H,41,42)/b10-6+. The number of ether oxygens (including phenoxy) is 3. The molecule has 0 fully saturated rings. The van der Waals surface area contributed by atoms with E-state index < -0.39 is 35.6 Å². The average molecular weight is 644 g/mol. The number of halogens is 1. The van der Waals surface area contributed by atoms with Crippen molar-refractivity contribution < 1.29 is 42.9 Å². The highest BCUT2D eigenvalue weighted by molar-refractivity contribution is 5.95. The third-order valence-electron chi connectivity index (χ3n) is 6.86. The van der Waals surface area contributed by atoms with Crippen LogP contribution >= 0.6 is 0 Å². The van der Waals surface area contributed by atoms with Crippen LogP contribution in [0.2, 0.25) is 0 Å². The van der Waals surface area contributed by atoms with Gasteiger partial charge in [0, 0.05) is 58.7 Å². The first-order valence-electron chi connectivity index (χ1n) is 14.3. The molecule has 0 aliphatic heterocycles. The summed E-state index contributed by atoms with van der Waals surface area (Å²) in [4.78, 5) is 66.5. The molecular weight excluding hydrogens is 605 g/mol. The number of aromatic nitrogens is 2. The number of amides is 3. The lowest BCUT2D eigenvalue weighted by atomic mass is 10.1. The Labute approximate surface area is 264 Å². The lowest BCUT2D eigenvalue weighted by molar-refractivity contribution is -0.125. The molecule has 0 radical (unpaired) electrons. The number of fused-ring (bicyclic) bond motifs is 1. The minimum atomic E-state index is -1.35. The highest BCUT2D eigenvalue weighted by atomic mass is 19.1. The van der Waals surface area contributed by atoms with Crippen LogP contribution < -0.4 is 10.9 Å². The van der Waals surface area contributed by atoms with Crippen LogP contribution in [0.5, 0.6) is 0 Å². The van der Waals surface area contributed by atoms with E-state index in [4.69, 9.17) is 14.2 Å². The molecule has 1 aromatic carbocycles. The summed E-state index contributed by atoms with van der Waals surface area (Å²) in [7, 11) is 6.14. The molecule has 3 rings (SSSR count). The third-order valence-corrected chi connectivity index (χ3v) is 6.86. The molecule has 2 N–H and O–H groups in total. The summed E-state index contributed by atoms with van der Waals surface area (Å²) >= 11 is 0. The van der Waals surface area contributed by atoms with E-state index >= 15 is 0 Å². The number of likely N-dealkylation sites (N-methyl/N-ethyl adjacent to an activating group) is 1. The van der Waals surface area contributed by atoms with Crippen molar-refractivity contribution in [3.8, 4) is 0 Å². The van der Waals surface area contributed by atoms with Crippen molar-refractivity contribution >= 4 is 40.6 Å². The van der Waals surface area contributed by atoms with Crippen LogP contribution in [0.15, 0.2) is 59.5 Å². The lowest BCUT2D eigenvalue weighted by Gasteiger charge is -2.25. The van der Waals surface area contributed by atoms with Crippen LogP contribution in [-0.2, 0) is 30.3 Å². The van der Waals surface area contributed by atoms with Gasteiger partial charge in [-0.1, -0.05) is 6.08 Å². The number of carbonyl (C=O) groups is 4. The number of carbonyl (C=O) groups excluding carboxylic acids is 3. The van der Waals surface area contributed by atoms with Crippen LogP contribution in [0.1, 0.15) is 18.5 Å². The van der Waals surface area contributed by atoms with Gasteiger partial charge >= 0.3 is 12.2 Å². The Kier molecular flexibility index (Phi) is 13.0. The van der Waals surface area contributed by atoms with Crippen LogP contribution in [0.25, 0.3) is 10.9 Å². The molecule has 0 spiro atoms. The number of allylic oxidation sites excluding steroid dienone is 1. The normalized spacial score (nSPS) is 11.8. The molecule has 248 valence electrons. The summed E-state index contributed by atoms with van der Waals surface area (Å²) in [6, 6.07) is 7.97. The van der Waals surface area contributed by atoms with Gasteiger partial charge in [-0.05, 0) is 55.3 Å². The predicted molar refractivity (Wildman–Crippen MR) is 166 cm³/mol. The van der Waals surface area contributed by atoms with Crippen molar-refractivity contribution in [3.63, 3.8) is 0 Å². The van der Waals surface area contributed by atoms with E-state index in [-0.39, 0.29) is 68.5 Å². The number of carboxylic acid groups (broad SMARTS) is 1. The van der Waals surface area contributed by atoms with Crippen molar-refractivity contribution in [1.29, 1.82) is 0 Å². The Morgan fingerprint density at radius 3 is 2.39 bits per heavy atom. The number of hydrogen-bond donors (Lipinski definition) is 2. The molecule has 46 heavy (non-hydrogen) atoms. The first-order valence-corrected chi connectivity index (χ1v) is 14.3. The van der Waals surface area contributed by atoms with E-state index in [9.17, 15) is 33.5 Å². The summed E-state index contributed by atoms with van der Waals surface area (Å²) in [5.74, 6) is -1.59. The summed E-state index contributed by atoms with van der Waals surface area (Å²) in [6.07, 6.45) is 1.02. The Bertz CT molecular complexity index is 1620. The molecule has 0 saturated carbocycles. The molecule has 2 aromatic heterocycles. The Morgan fingerprint density at radius 1 is 1.07 bits per heavy atom.